The number of aromatic nitrogens is 1. The lowest BCUT2D eigenvalue weighted by Crippen LogP contribution is -2.11. The molecule has 0 radical (unpaired) electrons. The van der Waals surface area contributed by atoms with Gasteiger partial charge < -0.3 is 9.47 Å². The maximum atomic E-state index is 12.6. The molecule has 0 fully saturated rings. The SMILES string of the molecule is COc1ccc(-c2ccc(C(=O)Nc3nc4ccc(OC)cc4s3)cc2)cc1. The highest BCUT2D eigenvalue weighted by atomic mass is 32.1. The van der Waals surface area contributed by atoms with Gasteiger partial charge in [0.25, 0.3) is 5.91 Å². The highest BCUT2D eigenvalue weighted by Crippen LogP contribution is 2.29. The average molecular weight is 390 g/mol. The molecule has 0 atom stereocenters. The molecule has 28 heavy (non-hydrogen) atoms. The molecule has 140 valence electrons. The Bertz CT molecular complexity index is 1120. The van der Waals surface area contributed by atoms with Gasteiger partial charge >= 0.3 is 0 Å². The predicted molar refractivity (Wildman–Crippen MR) is 113 cm³/mol. The van der Waals surface area contributed by atoms with Crippen LogP contribution in [-0.4, -0.2) is 25.1 Å². The number of nitrogens with one attached hydrogen (secondary N) is 1. The van der Waals surface area contributed by atoms with E-state index in [0.29, 0.717) is 10.7 Å². The van der Waals surface area contributed by atoms with Gasteiger partial charge in [0.15, 0.2) is 5.13 Å². The van der Waals surface area contributed by atoms with E-state index in [1.54, 1.807) is 14.2 Å². The molecule has 0 unspecified atom stereocenters. The molecule has 0 saturated carbocycles. The van der Waals surface area contributed by atoms with Crippen LogP contribution in [0.15, 0.2) is 66.7 Å². The lowest BCUT2D eigenvalue weighted by atomic mass is 10.0. The molecule has 4 rings (SSSR count). The summed E-state index contributed by atoms with van der Waals surface area (Å²) < 4.78 is 11.4. The highest BCUT2D eigenvalue weighted by molar-refractivity contribution is 7.22. The van der Waals surface area contributed by atoms with E-state index in [0.717, 1.165) is 32.8 Å². The maximum Gasteiger partial charge on any atom is 0.257 e. The number of rotatable bonds is 5. The Morgan fingerprint density at radius 3 is 2.11 bits per heavy atom. The maximum absolute atomic E-state index is 12.6. The Labute approximate surface area is 166 Å². The van der Waals surface area contributed by atoms with Gasteiger partial charge in [-0.1, -0.05) is 35.6 Å². The Hall–Kier alpha value is -3.38. The van der Waals surface area contributed by atoms with Gasteiger partial charge in [-0.2, -0.15) is 0 Å². The summed E-state index contributed by atoms with van der Waals surface area (Å²) >= 11 is 1.42. The first kappa shape index (κ1) is 18.0. The van der Waals surface area contributed by atoms with Crippen LogP contribution in [0.25, 0.3) is 21.3 Å². The zero-order chi connectivity index (χ0) is 19.5. The number of fused-ring (bicyclic) bond motifs is 1. The molecule has 1 aromatic heterocycles. The van der Waals surface area contributed by atoms with Crippen molar-refractivity contribution in [2.45, 2.75) is 0 Å². The van der Waals surface area contributed by atoms with E-state index in [-0.39, 0.29) is 5.91 Å². The Kier molecular flexibility index (Phi) is 4.95. The topological polar surface area (TPSA) is 60.5 Å². The highest BCUT2D eigenvalue weighted by Gasteiger charge is 2.11. The van der Waals surface area contributed by atoms with Crippen molar-refractivity contribution in [1.82, 2.24) is 4.98 Å². The smallest absolute Gasteiger partial charge is 0.257 e. The number of hydrogen-bond acceptors (Lipinski definition) is 5. The molecular weight excluding hydrogens is 372 g/mol. The minimum atomic E-state index is -0.188. The third-order valence-corrected chi connectivity index (χ3v) is 5.32. The number of thiazole rings is 1. The van der Waals surface area contributed by atoms with Crippen LogP contribution < -0.4 is 14.8 Å². The lowest BCUT2D eigenvalue weighted by Gasteiger charge is -2.06. The first-order valence-electron chi connectivity index (χ1n) is 8.67. The van der Waals surface area contributed by atoms with Crippen molar-refractivity contribution >= 4 is 32.6 Å². The summed E-state index contributed by atoms with van der Waals surface area (Å²) in [5.41, 5.74) is 3.50. The monoisotopic (exact) mass is 390 g/mol. The summed E-state index contributed by atoms with van der Waals surface area (Å²) in [5.74, 6) is 1.39. The summed E-state index contributed by atoms with van der Waals surface area (Å²) in [7, 11) is 3.27. The molecule has 0 spiro atoms. The van der Waals surface area contributed by atoms with Crippen molar-refractivity contribution in [2.24, 2.45) is 0 Å². The summed E-state index contributed by atoms with van der Waals surface area (Å²) in [4.78, 5) is 17.0. The number of carbonyl (C=O) groups excluding carboxylic acids is 1. The van der Waals surface area contributed by atoms with Gasteiger partial charge in [0.2, 0.25) is 0 Å². The molecule has 4 aromatic rings. The zero-order valence-corrected chi connectivity index (χ0v) is 16.2. The number of nitrogens with zero attached hydrogens (tertiary/aromatic N) is 1. The minimum absolute atomic E-state index is 0.188. The van der Waals surface area contributed by atoms with Crippen molar-refractivity contribution in [1.29, 1.82) is 0 Å². The van der Waals surface area contributed by atoms with Gasteiger partial charge in [-0.25, -0.2) is 4.98 Å². The fraction of sp³-hybridized carbons (Fsp3) is 0.0909. The second-order valence-electron chi connectivity index (χ2n) is 6.11. The van der Waals surface area contributed by atoms with Gasteiger partial charge in [-0.15, -0.1) is 0 Å². The Morgan fingerprint density at radius 1 is 0.857 bits per heavy atom. The number of anilines is 1. The summed E-state index contributed by atoms with van der Waals surface area (Å²) in [6, 6.07) is 20.9. The molecule has 0 aliphatic heterocycles. The largest absolute Gasteiger partial charge is 0.497 e. The Balaban J connectivity index is 1.50. The molecule has 0 saturated heterocycles. The van der Waals surface area contributed by atoms with Crippen LogP contribution in [-0.2, 0) is 0 Å². The molecule has 1 amide bonds. The number of benzene rings is 3. The van der Waals surface area contributed by atoms with Crippen molar-refractivity contribution in [3.05, 3.63) is 72.3 Å². The van der Waals surface area contributed by atoms with Gasteiger partial charge in [-0.3, -0.25) is 10.1 Å². The van der Waals surface area contributed by atoms with E-state index < -0.39 is 0 Å². The van der Waals surface area contributed by atoms with Crippen molar-refractivity contribution in [2.75, 3.05) is 19.5 Å². The third-order valence-electron chi connectivity index (χ3n) is 4.39. The van der Waals surface area contributed by atoms with Crippen LogP contribution in [0.2, 0.25) is 0 Å². The van der Waals surface area contributed by atoms with Crippen LogP contribution in [0.3, 0.4) is 0 Å². The number of methoxy groups -OCH3 is 2. The van der Waals surface area contributed by atoms with E-state index in [1.165, 1.54) is 11.3 Å². The molecule has 0 aliphatic carbocycles. The molecular formula is C22H18N2O3S. The van der Waals surface area contributed by atoms with E-state index in [2.05, 4.69) is 10.3 Å². The average Bonchev–Trinajstić information content (AvgIpc) is 3.15. The number of amides is 1. The van der Waals surface area contributed by atoms with Crippen LogP contribution in [0.4, 0.5) is 5.13 Å². The third kappa shape index (κ3) is 3.68. The molecule has 0 bridgehead atoms. The summed E-state index contributed by atoms with van der Waals surface area (Å²) in [6.07, 6.45) is 0. The van der Waals surface area contributed by atoms with Crippen LogP contribution in [0.1, 0.15) is 10.4 Å². The molecule has 3 aromatic carbocycles. The van der Waals surface area contributed by atoms with Crippen LogP contribution in [0, 0.1) is 0 Å². The lowest BCUT2D eigenvalue weighted by molar-refractivity contribution is 0.102. The van der Waals surface area contributed by atoms with Crippen LogP contribution in [0.5, 0.6) is 11.5 Å². The second-order valence-corrected chi connectivity index (χ2v) is 7.14. The molecule has 1 heterocycles. The fourth-order valence-electron chi connectivity index (χ4n) is 2.85. The number of carbonyl (C=O) groups is 1. The first-order valence-corrected chi connectivity index (χ1v) is 9.48. The van der Waals surface area contributed by atoms with E-state index in [1.807, 2.05) is 66.7 Å². The number of ether oxygens (including phenoxy) is 2. The molecule has 5 nitrogen and oxygen atoms in total. The minimum Gasteiger partial charge on any atom is -0.497 e. The van der Waals surface area contributed by atoms with E-state index in [9.17, 15) is 4.79 Å². The molecule has 6 heteroatoms. The normalized spacial score (nSPS) is 10.6. The zero-order valence-electron chi connectivity index (χ0n) is 15.4. The standard InChI is InChI=1S/C22H18N2O3S/c1-26-17-9-7-15(8-10-17)14-3-5-16(6-4-14)21(25)24-22-23-19-12-11-18(27-2)13-20(19)28-22/h3-13H,1-2H3,(H,23,24,25). The van der Waals surface area contributed by atoms with Gasteiger partial charge in [0.1, 0.15) is 11.5 Å². The summed E-state index contributed by atoms with van der Waals surface area (Å²) in [5, 5.41) is 3.43. The quantitative estimate of drug-likeness (QED) is 0.507. The van der Waals surface area contributed by atoms with Crippen molar-refractivity contribution in [3.8, 4) is 22.6 Å². The van der Waals surface area contributed by atoms with Gasteiger partial charge in [-0.05, 0) is 53.6 Å². The predicted octanol–water partition coefficient (Wildman–Crippen LogP) is 5.23. The van der Waals surface area contributed by atoms with Gasteiger partial charge in [0, 0.05) is 5.56 Å². The molecule has 0 aliphatic rings. The van der Waals surface area contributed by atoms with Crippen LogP contribution >= 0.6 is 11.3 Å². The van der Waals surface area contributed by atoms with E-state index in [4.69, 9.17) is 9.47 Å². The fourth-order valence-corrected chi connectivity index (χ4v) is 3.74. The Morgan fingerprint density at radius 2 is 1.46 bits per heavy atom. The van der Waals surface area contributed by atoms with Crippen molar-refractivity contribution in [3.63, 3.8) is 0 Å². The summed E-state index contributed by atoms with van der Waals surface area (Å²) in [6.45, 7) is 0. The van der Waals surface area contributed by atoms with Crippen molar-refractivity contribution < 1.29 is 14.3 Å². The molecule has 1 N–H and O–H groups in total. The first-order chi connectivity index (χ1) is 13.7. The van der Waals surface area contributed by atoms with E-state index >= 15 is 0 Å². The number of hydrogen-bond donors (Lipinski definition) is 1. The van der Waals surface area contributed by atoms with Gasteiger partial charge in [0.05, 0.1) is 24.4 Å². The second kappa shape index (κ2) is 7.70.